The van der Waals surface area contributed by atoms with Crippen LogP contribution in [0.5, 0.6) is 0 Å². The summed E-state index contributed by atoms with van der Waals surface area (Å²) in [5.41, 5.74) is 1.76. The van der Waals surface area contributed by atoms with Crippen LogP contribution in [-0.4, -0.2) is 16.1 Å². The van der Waals surface area contributed by atoms with Gasteiger partial charge in [-0.05, 0) is 12.1 Å². The molecule has 0 aliphatic heterocycles. The van der Waals surface area contributed by atoms with Crippen LogP contribution in [0.4, 0.5) is 0 Å². The number of carboxylic acids is 1. The van der Waals surface area contributed by atoms with Gasteiger partial charge in [0.1, 0.15) is 5.52 Å². The molecule has 0 amide bonds. The van der Waals surface area contributed by atoms with E-state index in [-0.39, 0.29) is 0 Å². The van der Waals surface area contributed by atoms with Crippen molar-refractivity contribution in [3.8, 4) is 0 Å². The van der Waals surface area contributed by atoms with Gasteiger partial charge in [-0.3, -0.25) is 4.79 Å². The Bertz CT molecular complexity index is 360. The summed E-state index contributed by atoms with van der Waals surface area (Å²) >= 11 is 0. The van der Waals surface area contributed by atoms with Crippen LogP contribution in [0.1, 0.15) is 6.92 Å². The summed E-state index contributed by atoms with van der Waals surface area (Å²) in [4.78, 5) is 13.0. The van der Waals surface area contributed by atoms with E-state index < -0.39 is 5.97 Å². The van der Waals surface area contributed by atoms with Gasteiger partial charge in [0.05, 0.1) is 0 Å². The van der Waals surface area contributed by atoms with Crippen molar-refractivity contribution in [1.29, 1.82) is 0 Å². The Morgan fingerprint density at radius 3 is 2.69 bits per heavy atom. The third-order valence-electron chi connectivity index (χ3n) is 1.24. The quantitative estimate of drug-likeness (QED) is 0.671. The monoisotopic (exact) mass is 179 g/mol. The molecule has 1 aromatic heterocycles. The highest BCUT2D eigenvalue weighted by atomic mass is 16.4. The van der Waals surface area contributed by atoms with Gasteiger partial charge in [0.15, 0.2) is 12.0 Å². The number of nitrogens with zero attached hydrogens (tertiary/aromatic N) is 1. The molecule has 0 bridgehead atoms. The normalized spacial score (nSPS) is 9.00. The van der Waals surface area contributed by atoms with Crippen molar-refractivity contribution < 1.29 is 14.3 Å². The third-order valence-corrected chi connectivity index (χ3v) is 1.24. The first-order valence-electron chi connectivity index (χ1n) is 3.68. The van der Waals surface area contributed by atoms with Crippen LogP contribution in [-0.2, 0) is 4.79 Å². The second-order valence-electron chi connectivity index (χ2n) is 2.34. The van der Waals surface area contributed by atoms with Gasteiger partial charge in [0.25, 0.3) is 5.97 Å². The fourth-order valence-corrected chi connectivity index (χ4v) is 0.803. The molecule has 0 fully saturated rings. The Morgan fingerprint density at radius 2 is 2.08 bits per heavy atom. The predicted molar refractivity (Wildman–Crippen MR) is 47.3 cm³/mol. The topological polar surface area (TPSA) is 63.3 Å². The molecule has 0 atom stereocenters. The van der Waals surface area contributed by atoms with Gasteiger partial charge in [-0.1, -0.05) is 12.1 Å². The van der Waals surface area contributed by atoms with Crippen LogP contribution in [0, 0.1) is 0 Å². The molecule has 0 aliphatic rings. The van der Waals surface area contributed by atoms with E-state index in [1.165, 1.54) is 6.39 Å². The largest absolute Gasteiger partial charge is 0.481 e. The van der Waals surface area contributed by atoms with E-state index in [1.807, 2.05) is 24.3 Å². The van der Waals surface area contributed by atoms with Crippen molar-refractivity contribution in [3.05, 3.63) is 30.7 Å². The Balaban J connectivity index is 0.000000184. The first kappa shape index (κ1) is 9.25. The van der Waals surface area contributed by atoms with E-state index in [9.17, 15) is 0 Å². The van der Waals surface area contributed by atoms with E-state index in [0.29, 0.717) is 0 Å². The average molecular weight is 179 g/mol. The lowest BCUT2D eigenvalue weighted by atomic mass is 10.3. The minimum atomic E-state index is -0.833. The number of carboxylic acid groups (broad SMARTS) is 1. The van der Waals surface area contributed by atoms with E-state index in [1.54, 1.807) is 0 Å². The molecule has 1 heterocycles. The Morgan fingerprint density at radius 1 is 1.46 bits per heavy atom. The number of para-hydroxylation sites is 2. The molecule has 2 aromatic rings. The molecule has 4 heteroatoms. The van der Waals surface area contributed by atoms with Crippen molar-refractivity contribution in [2.24, 2.45) is 0 Å². The van der Waals surface area contributed by atoms with E-state index in [0.717, 1.165) is 18.0 Å². The van der Waals surface area contributed by atoms with Crippen LogP contribution in [0.2, 0.25) is 0 Å². The summed E-state index contributed by atoms with van der Waals surface area (Å²) < 4.78 is 5.01. The van der Waals surface area contributed by atoms with Crippen LogP contribution in [0.25, 0.3) is 11.1 Å². The zero-order valence-corrected chi connectivity index (χ0v) is 7.10. The van der Waals surface area contributed by atoms with Crippen molar-refractivity contribution >= 4 is 17.1 Å². The Kier molecular flexibility index (Phi) is 3.03. The summed E-state index contributed by atoms with van der Waals surface area (Å²) in [7, 11) is 0. The van der Waals surface area contributed by atoms with Gasteiger partial charge in [0.2, 0.25) is 0 Å². The summed E-state index contributed by atoms with van der Waals surface area (Å²) in [5, 5.41) is 7.42. The molecule has 0 radical (unpaired) electrons. The molecule has 1 aromatic carbocycles. The number of aliphatic carboxylic acids is 1. The summed E-state index contributed by atoms with van der Waals surface area (Å²) in [6, 6.07) is 7.67. The van der Waals surface area contributed by atoms with Crippen molar-refractivity contribution in [1.82, 2.24) is 4.98 Å². The zero-order chi connectivity index (χ0) is 9.68. The molecular formula is C9H9NO3. The van der Waals surface area contributed by atoms with Gasteiger partial charge in [-0.15, -0.1) is 0 Å². The molecule has 0 unspecified atom stereocenters. The first-order valence-corrected chi connectivity index (χ1v) is 3.68. The number of rotatable bonds is 0. The number of hydrogen-bond acceptors (Lipinski definition) is 3. The summed E-state index contributed by atoms with van der Waals surface area (Å²) in [5.74, 6) is -0.833. The Labute approximate surface area is 74.8 Å². The number of benzene rings is 1. The van der Waals surface area contributed by atoms with Crippen LogP contribution >= 0.6 is 0 Å². The zero-order valence-electron chi connectivity index (χ0n) is 7.10. The maximum atomic E-state index is 9.00. The average Bonchev–Trinajstić information content (AvgIpc) is 2.49. The molecule has 68 valence electrons. The van der Waals surface area contributed by atoms with Crippen molar-refractivity contribution in [2.75, 3.05) is 0 Å². The number of oxazole rings is 1. The SMILES string of the molecule is CC(=O)O.c1ccc2ocnc2c1. The molecule has 0 aliphatic carbocycles. The van der Waals surface area contributed by atoms with Gasteiger partial charge >= 0.3 is 0 Å². The molecule has 0 spiro atoms. The van der Waals surface area contributed by atoms with Gasteiger partial charge in [-0.25, -0.2) is 4.98 Å². The molecule has 0 saturated carbocycles. The molecule has 13 heavy (non-hydrogen) atoms. The fraction of sp³-hybridized carbons (Fsp3) is 0.111. The minimum Gasteiger partial charge on any atom is -0.481 e. The summed E-state index contributed by atoms with van der Waals surface area (Å²) in [6.45, 7) is 1.08. The number of aromatic nitrogens is 1. The molecule has 4 nitrogen and oxygen atoms in total. The van der Waals surface area contributed by atoms with E-state index >= 15 is 0 Å². The number of carbonyl (C=O) groups is 1. The van der Waals surface area contributed by atoms with E-state index in [4.69, 9.17) is 14.3 Å². The van der Waals surface area contributed by atoms with E-state index in [2.05, 4.69) is 4.98 Å². The lowest BCUT2D eigenvalue weighted by Gasteiger charge is -1.79. The highest BCUT2D eigenvalue weighted by Gasteiger charge is 1.91. The predicted octanol–water partition coefficient (Wildman–Crippen LogP) is 1.92. The minimum absolute atomic E-state index is 0.833. The molecular weight excluding hydrogens is 170 g/mol. The molecule has 1 N–H and O–H groups in total. The Hall–Kier alpha value is -1.84. The second-order valence-corrected chi connectivity index (χ2v) is 2.34. The second kappa shape index (κ2) is 4.25. The van der Waals surface area contributed by atoms with Gasteiger partial charge in [-0.2, -0.15) is 0 Å². The van der Waals surface area contributed by atoms with Crippen LogP contribution in [0.15, 0.2) is 35.1 Å². The van der Waals surface area contributed by atoms with Gasteiger partial charge < -0.3 is 9.52 Å². The maximum absolute atomic E-state index is 9.00. The maximum Gasteiger partial charge on any atom is 0.300 e. The third kappa shape index (κ3) is 2.94. The van der Waals surface area contributed by atoms with Crippen LogP contribution in [0.3, 0.4) is 0 Å². The lowest BCUT2D eigenvalue weighted by Crippen LogP contribution is -1.78. The first-order chi connectivity index (χ1) is 6.20. The van der Waals surface area contributed by atoms with Gasteiger partial charge in [0, 0.05) is 6.92 Å². The van der Waals surface area contributed by atoms with Crippen molar-refractivity contribution in [2.45, 2.75) is 6.92 Å². The van der Waals surface area contributed by atoms with Crippen molar-refractivity contribution in [3.63, 3.8) is 0 Å². The number of fused-ring (bicyclic) bond motifs is 1. The van der Waals surface area contributed by atoms with Crippen LogP contribution < -0.4 is 0 Å². The summed E-state index contributed by atoms with van der Waals surface area (Å²) in [6.07, 6.45) is 1.45. The molecule has 0 saturated heterocycles. The standard InChI is InChI=1S/C7H5NO.C2H4O2/c1-2-4-7-6(3-1)8-5-9-7;1-2(3)4/h1-5H;1H3,(H,3,4). The highest BCUT2D eigenvalue weighted by molar-refractivity contribution is 5.71. The number of hydrogen-bond donors (Lipinski definition) is 1. The highest BCUT2D eigenvalue weighted by Crippen LogP contribution is 2.09. The lowest BCUT2D eigenvalue weighted by molar-refractivity contribution is -0.134. The smallest absolute Gasteiger partial charge is 0.300 e. The fourth-order valence-electron chi connectivity index (χ4n) is 0.803. The molecule has 2 rings (SSSR count).